The maximum atomic E-state index is 13.4. The molecule has 6 heteroatoms. The fourth-order valence-corrected chi connectivity index (χ4v) is 0.802. The molecule has 0 amide bonds. The van der Waals surface area contributed by atoms with Gasteiger partial charge < -0.3 is 19.3 Å². The highest BCUT2D eigenvalue weighted by molar-refractivity contribution is 6.11. The van der Waals surface area contributed by atoms with E-state index in [-0.39, 0.29) is 13.2 Å². The lowest BCUT2D eigenvalue weighted by atomic mass is 10.0. The van der Waals surface area contributed by atoms with Crippen LogP contribution in [0.15, 0.2) is 0 Å². The quantitative estimate of drug-likeness (QED) is 0.549. The summed E-state index contributed by atoms with van der Waals surface area (Å²) in [6.45, 7) is -1.13. The summed E-state index contributed by atoms with van der Waals surface area (Å²) in [5, 5.41) is 8.66. The predicted octanol–water partition coefficient (Wildman–Crippen LogP) is -0.552. The second-order valence-electron chi connectivity index (χ2n) is 2.59. The number of rotatable bonds is 7. The zero-order chi connectivity index (χ0) is 10.3. The highest BCUT2D eigenvalue weighted by atomic mass is 19.2. The molecule has 0 saturated carbocycles. The average molecular weight is 192 g/mol. The van der Waals surface area contributed by atoms with E-state index in [1.165, 1.54) is 14.2 Å². The molecule has 0 rings (SSSR count). The average Bonchev–Trinajstić information content (AvgIpc) is 2.05. The fraction of sp³-hybridized carbons (Fsp3) is 1.00. The van der Waals surface area contributed by atoms with Crippen molar-refractivity contribution < 1.29 is 23.7 Å². The molecule has 0 aliphatic rings. The van der Waals surface area contributed by atoms with Crippen LogP contribution in [0.3, 0.4) is 0 Å². The molecular weight excluding hydrogens is 178 g/mol. The first kappa shape index (κ1) is 12.8. The number of ether oxygens (including phenoxy) is 3. The largest absolute Gasteiger partial charge is 0.390 e. The number of aliphatic hydroxyl groups excluding tert-OH is 1. The van der Waals surface area contributed by atoms with Crippen LogP contribution in [0.5, 0.6) is 0 Å². The van der Waals surface area contributed by atoms with Gasteiger partial charge in [0.25, 0.3) is 5.85 Å². The zero-order valence-corrected chi connectivity index (χ0v) is 7.83. The monoisotopic (exact) mass is 192 g/mol. The lowest BCUT2D eigenvalue weighted by Gasteiger charge is -2.26. The Morgan fingerprint density at radius 2 is 2.08 bits per heavy atom. The van der Waals surface area contributed by atoms with Gasteiger partial charge in [0.2, 0.25) is 0 Å². The molecule has 1 unspecified atom stereocenters. The Hall–Kier alpha value is -0.165. The molecule has 0 aromatic carbocycles. The third-order valence-corrected chi connectivity index (χ3v) is 1.29. The van der Waals surface area contributed by atoms with Crippen LogP contribution in [0.25, 0.3) is 0 Å². The maximum Gasteiger partial charge on any atom is 0.255 e. The number of methoxy groups -OCH3 is 2. The summed E-state index contributed by atoms with van der Waals surface area (Å²) in [5.74, 6) is -2.26. The van der Waals surface area contributed by atoms with Gasteiger partial charge in [0.1, 0.15) is 21.1 Å². The summed E-state index contributed by atoms with van der Waals surface area (Å²) < 4.78 is 27.2. The van der Waals surface area contributed by atoms with E-state index in [0.717, 1.165) is 0 Å². The first-order valence-corrected chi connectivity index (χ1v) is 3.79. The molecule has 0 aliphatic carbocycles. The van der Waals surface area contributed by atoms with E-state index in [1.807, 2.05) is 0 Å². The van der Waals surface area contributed by atoms with E-state index >= 15 is 0 Å². The van der Waals surface area contributed by atoms with E-state index < -0.39 is 18.5 Å². The summed E-state index contributed by atoms with van der Waals surface area (Å²) in [6.07, 6.45) is 0. The first-order chi connectivity index (χ1) is 6.08. The van der Waals surface area contributed by atoms with Crippen molar-refractivity contribution in [1.29, 1.82) is 0 Å². The SMILES string of the molecule is [B]C(COC)O[C@@](F)(CO)COC. The maximum absolute atomic E-state index is 13.4. The molecule has 0 bridgehead atoms. The van der Waals surface area contributed by atoms with Crippen LogP contribution in [0.4, 0.5) is 4.39 Å². The third-order valence-electron chi connectivity index (χ3n) is 1.29. The summed E-state index contributed by atoms with van der Waals surface area (Å²) in [7, 11) is 8.04. The zero-order valence-electron chi connectivity index (χ0n) is 7.83. The van der Waals surface area contributed by atoms with E-state index in [2.05, 4.69) is 14.2 Å². The fourth-order valence-electron chi connectivity index (χ4n) is 0.802. The van der Waals surface area contributed by atoms with Gasteiger partial charge in [-0.3, -0.25) is 0 Å². The molecule has 0 spiro atoms. The van der Waals surface area contributed by atoms with Gasteiger partial charge in [0.05, 0.1) is 6.61 Å². The van der Waals surface area contributed by atoms with E-state index in [0.29, 0.717) is 0 Å². The van der Waals surface area contributed by atoms with Crippen molar-refractivity contribution >= 4 is 7.85 Å². The van der Waals surface area contributed by atoms with E-state index in [4.69, 9.17) is 13.0 Å². The Morgan fingerprint density at radius 3 is 2.46 bits per heavy atom. The van der Waals surface area contributed by atoms with Crippen LogP contribution in [-0.4, -0.2) is 58.9 Å². The van der Waals surface area contributed by atoms with Crippen LogP contribution in [0.1, 0.15) is 0 Å². The van der Waals surface area contributed by atoms with Crippen molar-refractivity contribution in [1.82, 2.24) is 0 Å². The second kappa shape index (κ2) is 6.31. The standard InChI is InChI=1S/C7H14BFO4/c1-11-3-6(8)13-7(9,4-10)5-12-2/h6,10H,3-5H2,1-2H3/t6?,7-/m0/s1. The highest BCUT2D eigenvalue weighted by Gasteiger charge is 2.31. The molecule has 0 aromatic heterocycles. The van der Waals surface area contributed by atoms with Gasteiger partial charge in [-0.2, -0.15) is 0 Å². The normalized spacial score (nSPS) is 18.2. The molecule has 2 atom stereocenters. The lowest BCUT2D eigenvalue weighted by molar-refractivity contribution is -0.212. The molecule has 0 aliphatic heterocycles. The molecule has 2 radical (unpaired) electrons. The molecule has 13 heavy (non-hydrogen) atoms. The molecule has 4 nitrogen and oxygen atoms in total. The van der Waals surface area contributed by atoms with Crippen molar-refractivity contribution in [2.75, 3.05) is 34.0 Å². The third kappa shape index (κ3) is 5.20. The van der Waals surface area contributed by atoms with Gasteiger partial charge >= 0.3 is 0 Å². The number of hydrogen-bond acceptors (Lipinski definition) is 4. The van der Waals surface area contributed by atoms with Crippen LogP contribution >= 0.6 is 0 Å². The van der Waals surface area contributed by atoms with Gasteiger partial charge in [0, 0.05) is 20.2 Å². The minimum absolute atomic E-state index is 0.0510. The van der Waals surface area contributed by atoms with Gasteiger partial charge in [-0.15, -0.1) is 0 Å². The predicted molar refractivity (Wildman–Crippen MR) is 45.3 cm³/mol. The Morgan fingerprint density at radius 1 is 1.46 bits per heavy atom. The Balaban J connectivity index is 3.93. The Labute approximate surface area is 78.4 Å². The van der Waals surface area contributed by atoms with Gasteiger partial charge in [-0.25, -0.2) is 4.39 Å². The van der Waals surface area contributed by atoms with E-state index in [1.54, 1.807) is 0 Å². The van der Waals surface area contributed by atoms with Crippen LogP contribution in [0.2, 0.25) is 0 Å². The molecule has 0 aromatic rings. The summed E-state index contributed by atoms with van der Waals surface area (Å²) >= 11 is 0. The molecule has 1 N–H and O–H groups in total. The molecule has 0 saturated heterocycles. The van der Waals surface area contributed by atoms with Crippen molar-refractivity contribution in [2.45, 2.75) is 11.9 Å². The Bertz CT molecular complexity index is 138. The summed E-state index contributed by atoms with van der Waals surface area (Å²) in [4.78, 5) is 0. The lowest BCUT2D eigenvalue weighted by Crippen LogP contribution is -2.41. The minimum Gasteiger partial charge on any atom is -0.390 e. The Kier molecular flexibility index (Phi) is 6.23. The van der Waals surface area contributed by atoms with Crippen molar-refractivity contribution in [2.24, 2.45) is 0 Å². The van der Waals surface area contributed by atoms with Crippen LogP contribution < -0.4 is 0 Å². The molecule has 0 heterocycles. The first-order valence-electron chi connectivity index (χ1n) is 3.79. The second-order valence-corrected chi connectivity index (χ2v) is 2.59. The molecule has 0 fully saturated rings. The number of halogens is 1. The van der Waals surface area contributed by atoms with Crippen LogP contribution in [-0.2, 0) is 14.2 Å². The van der Waals surface area contributed by atoms with E-state index in [9.17, 15) is 4.39 Å². The van der Waals surface area contributed by atoms with Gasteiger partial charge in [0.15, 0.2) is 0 Å². The summed E-state index contributed by atoms with van der Waals surface area (Å²) in [6, 6.07) is -0.919. The summed E-state index contributed by atoms with van der Waals surface area (Å²) in [5.41, 5.74) is 0. The highest BCUT2D eigenvalue weighted by Crippen LogP contribution is 2.14. The van der Waals surface area contributed by atoms with Gasteiger partial charge in [-0.05, 0) is 0 Å². The van der Waals surface area contributed by atoms with Crippen molar-refractivity contribution in [3.63, 3.8) is 0 Å². The van der Waals surface area contributed by atoms with Gasteiger partial charge in [-0.1, -0.05) is 0 Å². The number of aliphatic hydroxyl groups is 1. The topological polar surface area (TPSA) is 47.9 Å². The number of alkyl halides is 1. The van der Waals surface area contributed by atoms with Crippen LogP contribution in [0, 0.1) is 0 Å². The molecule has 76 valence electrons. The van der Waals surface area contributed by atoms with Crippen molar-refractivity contribution in [3.8, 4) is 0 Å². The minimum atomic E-state index is -2.26. The number of hydrogen-bond donors (Lipinski definition) is 1. The van der Waals surface area contributed by atoms with Crippen molar-refractivity contribution in [3.05, 3.63) is 0 Å². The smallest absolute Gasteiger partial charge is 0.255 e. The molecular formula is C7H14BFO4.